The molecule has 0 fully saturated rings. The first-order valence-electron chi connectivity index (χ1n) is 6.24. The van der Waals surface area contributed by atoms with E-state index in [1.165, 1.54) is 16.7 Å². The van der Waals surface area contributed by atoms with Gasteiger partial charge in [0.15, 0.2) is 5.69 Å². The van der Waals surface area contributed by atoms with E-state index in [0.717, 1.165) is 0 Å². The number of carbonyl (C=O) groups excluding carboxylic acids is 1. The molecule has 2 aromatic rings. The molecule has 2 rings (SSSR count). The van der Waals surface area contributed by atoms with Crippen molar-refractivity contribution in [3.63, 3.8) is 0 Å². The third-order valence-electron chi connectivity index (χ3n) is 2.74. The van der Waals surface area contributed by atoms with Gasteiger partial charge in [-0.2, -0.15) is 10.2 Å². The van der Waals surface area contributed by atoms with Crippen molar-refractivity contribution in [3.05, 3.63) is 39.1 Å². The van der Waals surface area contributed by atoms with Crippen LogP contribution >= 0.6 is 11.3 Å². The standard InChI is InChI=1S/C13H14N4O3S/c1-7-5-9(8(2)17-16-7)12(18)14-4-3-11-15-10(6-21-11)13(19)20/h5-6H,3-4H2,1-2H3,(H,14,18)(H,19,20). The largest absolute Gasteiger partial charge is 0.476 e. The van der Waals surface area contributed by atoms with Gasteiger partial charge in [0.25, 0.3) is 5.91 Å². The molecule has 0 aliphatic carbocycles. The Morgan fingerprint density at radius 1 is 1.33 bits per heavy atom. The minimum Gasteiger partial charge on any atom is -0.476 e. The van der Waals surface area contributed by atoms with Gasteiger partial charge in [-0.15, -0.1) is 11.3 Å². The van der Waals surface area contributed by atoms with Crippen molar-refractivity contribution >= 4 is 23.2 Å². The van der Waals surface area contributed by atoms with Gasteiger partial charge in [-0.1, -0.05) is 0 Å². The molecule has 0 aliphatic heterocycles. The molecule has 0 saturated carbocycles. The lowest BCUT2D eigenvalue weighted by Crippen LogP contribution is -2.27. The molecule has 0 aliphatic rings. The van der Waals surface area contributed by atoms with Crippen LogP contribution in [0.5, 0.6) is 0 Å². The van der Waals surface area contributed by atoms with Crippen LogP contribution in [-0.2, 0) is 6.42 Å². The molecule has 0 unspecified atom stereocenters. The van der Waals surface area contributed by atoms with E-state index >= 15 is 0 Å². The van der Waals surface area contributed by atoms with Crippen molar-refractivity contribution in [2.24, 2.45) is 0 Å². The Hall–Kier alpha value is -2.35. The molecule has 0 atom stereocenters. The van der Waals surface area contributed by atoms with Gasteiger partial charge in [0, 0.05) is 18.3 Å². The van der Waals surface area contributed by atoms with E-state index in [-0.39, 0.29) is 11.6 Å². The van der Waals surface area contributed by atoms with Crippen LogP contribution in [0.25, 0.3) is 0 Å². The van der Waals surface area contributed by atoms with E-state index in [4.69, 9.17) is 5.11 Å². The Morgan fingerprint density at radius 2 is 2.10 bits per heavy atom. The van der Waals surface area contributed by atoms with E-state index in [1.54, 1.807) is 19.9 Å². The third-order valence-corrected chi connectivity index (χ3v) is 3.65. The molecule has 0 spiro atoms. The zero-order valence-corrected chi connectivity index (χ0v) is 12.4. The van der Waals surface area contributed by atoms with Gasteiger partial charge in [-0.25, -0.2) is 9.78 Å². The summed E-state index contributed by atoms with van der Waals surface area (Å²) in [6.45, 7) is 3.87. The van der Waals surface area contributed by atoms with Crippen LogP contribution in [0.3, 0.4) is 0 Å². The smallest absolute Gasteiger partial charge is 0.355 e. The second-order valence-electron chi connectivity index (χ2n) is 4.42. The van der Waals surface area contributed by atoms with Gasteiger partial charge in [0.2, 0.25) is 0 Å². The predicted octanol–water partition coefficient (Wildman–Crippen LogP) is 1.22. The molecule has 2 N–H and O–H groups in total. The highest BCUT2D eigenvalue weighted by Gasteiger charge is 2.12. The summed E-state index contributed by atoms with van der Waals surface area (Å²) in [4.78, 5) is 26.7. The highest BCUT2D eigenvalue weighted by molar-refractivity contribution is 7.09. The monoisotopic (exact) mass is 306 g/mol. The Labute approximate surface area is 125 Å². The van der Waals surface area contributed by atoms with Crippen LogP contribution in [0, 0.1) is 13.8 Å². The highest BCUT2D eigenvalue weighted by atomic mass is 32.1. The van der Waals surface area contributed by atoms with Crippen molar-refractivity contribution in [2.75, 3.05) is 6.54 Å². The molecule has 21 heavy (non-hydrogen) atoms. The first-order valence-corrected chi connectivity index (χ1v) is 7.12. The van der Waals surface area contributed by atoms with Crippen molar-refractivity contribution in [1.29, 1.82) is 0 Å². The molecule has 0 saturated heterocycles. The highest BCUT2D eigenvalue weighted by Crippen LogP contribution is 2.10. The zero-order chi connectivity index (χ0) is 15.4. The van der Waals surface area contributed by atoms with Gasteiger partial charge in [0.05, 0.1) is 22.0 Å². The maximum Gasteiger partial charge on any atom is 0.355 e. The molecule has 0 radical (unpaired) electrons. The molecular formula is C13H14N4O3S. The number of carboxylic acid groups (broad SMARTS) is 1. The minimum absolute atomic E-state index is 0.0335. The molecule has 8 heteroatoms. The van der Waals surface area contributed by atoms with Gasteiger partial charge in [-0.3, -0.25) is 4.79 Å². The number of amides is 1. The Bertz CT molecular complexity index is 684. The van der Waals surface area contributed by atoms with Gasteiger partial charge in [0.1, 0.15) is 0 Å². The van der Waals surface area contributed by atoms with E-state index < -0.39 is 5.97 Å². The summed E-state index contributed by atoms with van der Waals surface area (Å²) in [5.74, 6) is -1.27. The van der Waals surface area contributed by atoms with Crippen LogP contribution in [0.4, 0.5) is 0 Å². The van der Waals surface area contributed by atoms with Gasteiger partial charge < -0.3 is 10.4 Å². The van der Waals surface area contributed by atoms with E-state index in [1.807, 2.05) is 0 Å². The number of nitrogens with one attached hydrogen (secondary N) is 1. The molecule has 2 aromatic heterocycles. The summed E-state index contributed by atoms with van der Waals surface area (Å²) in [5, 5.41) is 21.5. The number of aromatic carboxylic acids is 1. The normalized spacial score (nSPS) is 10.4. The van der Waals surface area contributed by atoms with Crippen molar-refractivity contribution < 1.29 is 14.7 Å². The van der Waals surface area contributed by atoms with Gasteiger partial charge in [-0.05, 0) is 19.9 Å². The van der Waals surface area contributed by atoms with Crippen molar-refractivity contribution in [1.82, 2.24) is 20.5 Å². The quantitative estimate of drug-likeness (QED) is 0.860. The maximum absolute atomic E-state index is 12.0. The number of nitrogens with zero attached hydrogens (tertiary/aromatic N) is 3. The van der Waals surface area contributed by atoms with E-state index in [2.05, 4.69) is 20.5 Å². The van der Waals surface area contributed by atoms with Crippen molar-refractivity contribution in [3.8, 4) is 0 Å². The van der Waals surface area contributed by atoms with Crippen LogP contribution in [-0.4, -0.2) is 38.7 Å². The number of aryl methyl sites for hydroxylation is 2. The number of aromatic nitrogens is 3. The fourth-order valence-corrected chi connectivity index (χ4v) is 2.45. The third kappa shape index (κ3) is 3.82. The molecule has 0 aromatic carbocycles. The summed E-state index contributed by atoms with van der Waals surface area (Å²) in [5.41, 5.74) is 1.77. The van der Waals surface area contributed by atoms with E-state index in [9.17, 15) is 9.59 Å². The number of carboxylic acids is 1. The molecular weight excluding hydrogens is 292 g/mol. The summed E-state index contributed by atoms with van der Waals surface area (Å²) in [6.07, 6.45) is 0.486. The summed E-state index contributed by atoms with van der Waals surface area (Å²) in [6, 6.07) is 1.68. The average molecular weight is 306 g/mol. The van der Waals surface area contributed by atoms with Crippen LogP contribution in [0.1, 0.15) is 37.2 Å². The molecule has 2 heterocycles. The Balaban J connectivity index is 1.92. The maximum atomic E-state index is 12.0. The summed E-state index contributed by atoms with van der Waals surface area (Å²) >= 11 is 1.27. The number of hydrogen-bond acceptors (Lipinski definition) is 6. The first kappa shape index (κ1) is 15.0. The second-order valence-corrected chi connectivity index (χ2v) is 5.36. The minimum atomic E-state index is -1.05. The Morgan fingerprint density at radius 3 is 2.76 bits per heavy atom. The lowest BCUT2D eigenvalue weighted by molar-refractivity contribution is 0.0690. The van der Waals surface area contributed by atoms with Crippen molar-refractivity contribution in [2.45, 2.75) is 20.3 Å². The Kier molecular flexibility index (Phi) is 4.59. The summed E-state index contributed by atoms with van der Waals surface area (Å²) < 4.78 is 0. The number of hydrogen-bond donors (Lipinski definition) is 2. The number of rotatable bonds is 5. The zero-order valence-electron chi connectivity index (χ0n) is 11.6. The lowest BCUT2D eigenvalue weighted by atomic mass is 10.2. The number of thiazole rings is 1. The average Bonchev–Trinajstić information content (AvgIpc) is 2.90. The molecule has 110 valence electrons. The second kappa shape index (κ2) is 6.40. The fraction of sp³-hybridized carbons (Fsp3) is 0.308. The molecule has 1 amide bonds. The van der Waals surface area contributed by atoms with Gasteiger partial charge >= 0.3 is 5.97 Å². The topological polar surface area (TPSA) is 105 Å². The SMILES string of the molecule is Cc1cc(C(=O)NCCc2nc(C(=O)O)cs2)c(C)nn1. The predicted molar refractivity (Wildman–Crippen MR) is 76.6 cm³/mol. The molecule has 7 nitrogen and oxygen atoms in total. The number of carbonyl (C=O) groups is 2. The fourth-order valence-electron chi connectivity index (χ4n) is 1.68. The first-order chi connectivity index (χ1) is 9.97. The summed E-state index contributed by atoms with van der Waals surface area (Å²) in [7, 11) is 0. The van der Waals surface area contributed by atoms with Crippen LogP contribution in [0.15, 0.2) is 11.4 Å². The van der Waals surface area contributed by atoms with E-state index in [0.29, 0.717) is 34.9 Å². The molecule has 0 bridgehead atoms. The van der Waals surface area contributed by atoms with Crippen LogP contribution < -0.4 is 5.32 Å². The lowest BCUT2D eigenvalue weighted by Gasteiger charge is -2.06. The van der Waals surface area contributed by atoms with Crippen LogP contribution in [0.2, 0.25) is 0 Å².